The van der Waals surface area contributed by atoms with Gasteiger partial charge in [0, 0.05) is 10.6 Å². The van der Waals surface area contributed by atoms with Crippen LogP contribution in [-0.2, 0) is 10.0 Å². The normalized spacial score (nSPS) is 13.1. The fourth-order valence-corrected chi connectivity index (χ4v) is 3.33. The van der Waals surface area contributed by atoms with Gasteiger partial charge in [-0.2, -0.15) is 0 Å². The van der Waals surface area contributed by atoms with Crippen LogP contribution in [0.1, 0.15) is 30.7 Å². The Hall–Kier alpha value is -1.37. The lowest BCUT2D eigenvalue weighted by Gasteiger charge is -2.18. The second-order valence-corrected chi connectivity index (χ2v) is 7.11. The van der Waals surface area contributed by atoms with E-state index in [9.17, 15) is 8.42 Å². The van der Waals surface area contributed by atoms with E-state index >= 15 is 0 Å². The van der Waals surface area contributed by atoms with Gasteiger partial charge in [-0.1, -0.05) is 19.4 Å². The lowest BCUT2D eigenvalue weighted by molar-refractivity contribution is 0.598. The molecular weight excluding hydrogens is 292 g/mol. The van der Waals surface area contributed by atoms with E-state index in [1.54, 1.807) is 23.5 Å². The number of benzene rings is 1. The Balaban J connectivity index is 2.15. The summed E-state index contributed by atoms with van der Waals surface area (Å²) in [6.45, 7) is 2.15. The summed E-state index contributed by atoms with van der Waals surface area (Å²) in [5, 5.41) is 10.6. The fraction of sp³-hybridized carbons (Fsp3) is 0.286. The maximum atomic E-state index is 11.2. The number of rotatable bonds is 6. The van der Waals surface area contributed by atoms with E-state index < -0.39 is 10.0 Å². The zero-order valence-corrected chi connectivity index (χ0v) is 12.9. The molecule has 0 radical (unpaired) electrons. The van der Waals surface area contributed by atoms with Gasteiger partial charge in [0.25, 0.3) is 0 Å². The van der Waals surface area contributed by atoms with E-state index in [0.717, 1.165) is 18.5 Å². The summed E-state index contributed by atoms with van der Waals surface area (Å²) in [7, 11) is -3.63. The first kappa shape index (κ1) is 15.0. The van der Waals surface area contributed by atoms with Gasteiger partial charge in [-0.3, -0.25) is 0 Å². The molecule has 0 amide bonds. The molecule has 0 aliphatic rings. The predicted molar refractivity (Wildman–Crippen MR) is 83.4 cm³/mol. The molecule has 0 aliphatic carbocycles. The van der Waals surface area contributed by atoms with E-state index in [-0.39, 0.29) is 10.9 Å². The number of thiophene rings is 1. The SMILES string of the molecule is CCCC(Nc1ccc(S(N)(=O)=O)cc1)c1cccs1. The molecule has 0 aliphatic heterocycles. The first-order valence-electron chi connectivity index (χ1n) is 6.43. The Morgan fingerprint density at radius 1 is 1.25 bits per heavy atom. The number of nitrogens with two attached hydrogens (primary N) is 1. The molecule has 0 spiro atoms. The lowest BCUT2D eigenvalue weighted by Crippen LogP contribution is -2.12. The molecule has 2 aromatic rings. The molecule has 0 fully saturated rings. The van der Waals surface area contributed by atoms with Gasteiger partial charge in [-0.05, 0) is 42.1 Å². The molecule has 1 aromatic heterocycles. The molecule has 1 unspecified atom stereocenters. The summed E-state index contributed by atoms with van der Waals surface area (Å²) in [6.07, 6.45) is 2.10. The van der Waals surface area contributed by atoms with Crippen molar-refractivity contribution >= 4 is 27.0 Å². The Labute approximate surface area is 123 Å². The van der Waals surface area contributed by atoms with Gasteiger partial charge in [0.2, 0.25) is 10.0 Å². The molecule has 0 bridgehead atoms. The van der Waals surface area contributed by atoms with Gasteiger partial charge >= 0.3 is 0 Å². The van der Waals surface area contributed by atoms with Crippen LogP contribution in [-0.4, -0.2) is 8.42 Å². The predicted octanol–water partition coefficient (Wildman–Crippen LogP) is 3.35. The second kappa shape index (κ2) is 6.39. The fourth-order valence-electron chi connectivity index (χ4n) is 2.01. The van der Waals surface area contributed by atoms with Gasteiger partial charge < -0.3 is 5.32 Å². The topological polar surface area (TPSA) is 72.2 Å². The summed E-state index contributed by atoms with van der Waals surface area (Å²) < 4.78 is 22.4. The van der Waals surface area contributed by atoms with Gasteiger partial charge in [0.05, 0.1) is 10.9 Å². The van der Waals surface area contributed by atoms with Crippen molar-refractivity contribution in [3.05, 3.63) is 46.7 Å². The number of anilines is 1. The molecule has 2 rings (SSSR count). The average molecular weight is 310 g/mol. The molecule has 6 heteroatoms. The Kier molecular flexibility index (Phi) is 4.80. The van der Waals surface area contributed by atoms with Crippen LogP contribution in [0, 0.1) is 0 Å². The summed E-state index contributed by atoms with van der Waals surface area (Å²) >= 11 is 1.72. The smallest absolute Gasteiger partial charge is 0.238 e. The molecule has 20 heavy (non-hydrogen) atoms. The van der Waals surface area contributed by atoms with Crippen LogP contribution in [0.3, 0.4) is 0 Å². The number of hydrogen-bond acceptors (Lipinski definition) is 4. The number of primary sulfonamides is 1. The quantitative estimate of drug-likeness (QED) is 0.859. The van der Waals surface area contributed by atoms with Crippen molar-refractivity contribution in [1.29, 1.82) is 0 Å². The maximum absolute atomic E-state index is 11.2. The first-order valence-corrected chi connectivity index (χ1v) is 8.86. The lowest BCUT2D eigenvalue weighted by atomic mass is 10.1. The number of sulfonamides is 1. The van der Waals surface area contributed by atoms with Crippen molar-refractivity contribution < 1.29 is 8.42 Å². The van der Waals surface area contributed by atoms with Crippen molar-refractivity contribution in [3.63, 3.8) is 0 Å². The van der Waals surface area contributed by atoms with Crippen molar-refractivity contribution in [2.45, 2.75) is 30.7 Å². The Morgan fingerprint density at radius 2 is 1.95 bits per heavy atom. The van der Waals surface area contributed by atoms with Crippen molar-refractivity contribution in [1.82, 2.24) is 0 Å². The van der Waals surface area contributed by atoms with Crippen molar-refractivity contribution in [2.75, 3.05) is 5.32 Å². The average Bonchev–Trinajstić information content (AvgIpc) is 2.91. The Morgan fingerprint density at radius 3 is 2.45 bits per heavy atom. The third-order valence-corrected chi connectivity index (χ3v) is 4.90. The van der Waals surface area contributed by atoms with Gasteiger partial charge in [0.1, 0.15) is 0 Å². The van der Waals surface area contributed by atoms with Crippen LogP contribution in [0.5, 0.6) is 0 Å². The molecule has 1 aromatic carbocycles. The third kappa shape index (κ3) is 3.82. The number of hydrogen-bond donors (Lipinski definition) is 2. The first-order chi connectivity index (χ1) is 9.50. The zero-order chi connectivity index (χ0) is 14.6. The van der Waals surface area contributed by atoms with Crippen LogP contribution in [0.25, 0.3) is 0 Å². The highest BCUT2D eigenvalue weighted by atomic mass is 32.2. The van der Waals surface area contributed by atoms with Crippen LogP contribution in [0.15, 0.2) is 46.7 Å². The molecular formula is C14H18N2O2S2. The molecule has 3 N–H and O–H groups in total. The van der Waals surface area contributed by atoms with Crippen LogP contribution >= 0.6 is 11.3 Å². The molecule has 0 saturated heterocycles. The van der Waals surface area contributed by atoms with Crippen LogP contribution in [0.4, 0.5) is 5.69 Å². The van der Waals surface area contributed by atoms with Crippen LogP contribution < -0.4 is 10.5 Å². The minimum Gasteiger partial charge on any atom is -0.377 e. The second-order valence-electron chi connectivity index (χ2n) is 4.57. The van der Waals surface area contributed by atoms with E-state index in [4.69, 9.17) is 5.14 Å². The highest BCUT2D eigenvalue weighted by Gasteiger charge is 2.12. The van der Waals surface area contributed by atoms with E-state index in [1.165, 1.54) is 17.0 Å². The zero-order valence-electron chi connectivity index (χ0n) is 11.2. The molecule has 4 nitrogen and oxygen atoms in total. The minimum absolute atomic E-state index is 0.131. The summed E-state index contributed by atoms with van der Waals surface area (Å²) in [5.74, 6) is 0. The third-order valence-electron chi connectivity index (χ3n) is 2.99. The number of nitrogens with one attached hydrogen (secondary N) is 1. The van der Waals surface area contributed by atoms with Gasteiger partial charge in [-0.15, -0.1) is 11.3 Å². The minimum atomic E-state index is -3.63. The highest BCUT2D eigenvalue weighted by molar-refractivity contribution is 7.89. The molecule has 1 atom stereocenters. The maximum Gasteiger partial charge on any atom is 0.238 e. The Bertz CT molecular complexity index is 634. The summed E-state index contributed by atoms with van der Waals surface area (Å²) in [5.41, 5.74) is 0.893. The van der Waals surface area contributed by atoms with E-state index in [0.29, 0.717) is 0 Å². The summed E-state index contributed by atoms with van der Waals surface area (Å²) in [6, 6.07) is 10.9. The van der Waals surface area contributed by atoms with Gasteiger partial charge in [-0.25, -0.2) is 13.6 Å². The largest absolute Gasteiger partial charge is 0.377 e. The van der Waals surface area contributed by atoms with Crippen LogP contribution in [0.2, 0.25) is 0 Å². The van der Waals surface area contributed by atoms with E-state index in [2.05, 4.69) is 23.7 Å². The molecule has 1 heterocycles. The van der Waals surface area contributed by atoms with E-state index in [1.807, 2.05) is 6.07 Å². The van der Waals surface area contributed by atoms with Crippen molar-refractivity contribution in [3.8, 4) is 0 Å². The monoisotopic (exact) mass is 310 g/mol. The molecule has 0 saturated carbocycles. The van der Waals surface area contributed by atoms with Gasteiger partial charge in [0.15, 0.2) is 0 Å². The highest BCUT2D eigenvalue weighted by Crippen LogP contribution is 2.27. The van der Waals surface area contributed by atoms with Crippen molar-refractivity contribution in [2.24, 2.45) is 5.14 Å². The summed E-state index contributed by atoms with van der Waals surface area (Å²) in [4.78, 5) is 1.41. The standard InChI is InChI=1S/C14H18N2O2S2/c1-2-4-13(14-5-3-10-19-14)16-11-6-8-12(9-7-11)20(15,17)18/h3,5-10,13,16H,2,4H2,1H3,(H2,15,17,18). The molecule has 108 valence electrons.